The van der Waals surface area contributed by atoms with Gasteiger partial charge in [-0.2, -0.15) is 20.2 Å². The van der Waals surface area contributed by atoms with Gasteiger partial charge in [-0.25, -0.2) is 0 Å². The Kier molecular flexibility index (Phi) is 3.36. The molecule has 8 heteroatoms. The van der Waals surface area contributed by atoms with Gasteiger partial charge in [0.15, 0.2) is 5.65 Å². The zero-order valence-corrected chi connectivity index (χ0v) is 13.1. The largest absolute Gasteiger partial charge is 0.383 e. The number of rotatable bonds is 3. The highest BCUT2D eigenvalue weighted by atomic mass is 15.3. The Bertz CT molecular complexity index is 847. The highest BCUT2D eigenvalue weighted by Crippen LogP contribution is 2.23. The number of aromatic amines is 1. The minimum atomic E-state index is 0.437. The van der Waals surface area contributed by atoms with E-state index in [1.54, 1.807) is 10.9 Å². The molecule has 23 heavy (non-hydrogen) atoms. The predicted octanol–water partition coefficient (Wildman–Crippen LogP) is 1.55. The Morgan fingerprint density at radius 3 is 3.04 bits per heavy atom. The van der Waals surface area contributed by atoms with Crippen LogP contribution in [0.3, 0.4) is 0 Å². The highest BCUT2D eigenvalue weighted by Gasteiger charge is 2.16. The van der Waals surface area contributed by atoms with Gasteiger partial charge in [-0.3, -0.25) is 9.78 Å². The molecule has 0 saturated heterocycles. The Morgan fingerprint density at radius 2 is 2.13 bits per heavy atom. The molecule has 4 N–H and O–H groups in total. The van der Waals surface area contributed by atoms with Gasteiger partial charge in [0.05, 0.1) is 23.8 Å². The SMILES string of the molecule is Cn1ncc2c(N)nc(NCc3n[nH]c4c3CCCCC4)nc21. The van der Waals surface area contributed by atoms with Gasteiger partial charge in [0, 0.05) is 12.7 Å². The van der Waals surface area contributed by atoms with Gasteiger partial charge in [0.25, 0.3) is 0 Å². The molecule has 0 radical (unpaired) electrons. The van der Waals surface area contributed by atoms with Crippen LogP contribution in [0.4, 0.5) is 11.8 Å². The standard InChI is InChI=1S/C15H20N8/c1-23-14-10(7-18-23)13(16)19-15(20-14)17-8-12-9-5-3-2-4-6-11(9)21-22-12/h7H,2-6,8H2,1H3,(H,21,22)(H3,16,17,19,20). The molecule has 0 bridgehead atoms. The van der Waals surface area contributed by atoms with Crippen molar-refractivity contribution in [1.82, 2.24) is 29.9 Å². The van der Waals surface area contributed by atoms with Crippen molar-refractivity contribution in [3.63, 3.8) is 0 Å². The normalized spacial score (nSPS) is 14.7. The first-order chi connectivity index (χ1) is 11.2. The lowest BCUT2D eigenvalue weighted by Gasteiger charge is -2.06. The van der Waals surface area contributed by atoms with Crippen LogP contribution in [0.1, 0.15) is 36.2 Å². The predicted molar refractivity (Wildman–Crippen MR) is 87.9 cm³/mol. The number of aryl methyl sites for hydroxylation is 2. The molecule has 4 rings (SSSR count). The molecule has 1 aliphatic rings. The molecule has 0 fully saturated rings. The van der Waals surface area contributed by atoms with Crippen molar-refractivity contribution < 1.29 is 0 Å². The van der Waals surface area contributed by atoms with Crippen LogP contribution < -0.4 is 11.1 Å². The minimum Gasteiger partial charge on any atom is -0.383 e. The molecule has 120 valence electrons. The molecule has 0 aromatic carbocycles. The maximum Gasteiger partial charge on any atom is 0.227 e. The monoisotopic (exact) mass is 312 g/mol. The van der Waals surface area contributed by atoms with Gasteiger partial charge in [-0.1, -0.05) is 6.42 Å². The average Bonchev–Trinajstić information content (AvgIpc) is 3.01. The molecule has 3 aromatic rings. The number of anilines is 2. The van der Waals surface area contributed by atoms with Gasteiger partial charge in [-0.05, 0) is 31.2 Å². The lowest BCUT2D eigenvalue weighted by atomic mass is 10.1. The van der Waals surface area contributed by atoms with Crippen molar-refractivity contribution in [3.8, 4) is 0 Å². The molecule has 3 aromatic heterocycles. The van der Waals surface area contributed by atoms with E-state index in [0.717, 1.165) is 29.6 Å². The first-order valence-electron chi connectivity index (χ1n) is 7.96. The summed E-state index contributed by atoms with van der Waals surface area (Å²) in [7, 11) is 1.84. The average molecular weight is 312 g/mol. The molecule has 3 heterocycles. The van der Waals surface area contributed by atoms with Crippen molar-refractivity contribution in [2.24, 2.45) is 7.05 Å². The number of H-pyrrole nitrogens is 1. The van der Waals surface area contributed by atoms with Crippen LogP contribution in [0, 0.1) is 0 Å². The van der Waals surface area contributed by atoms with E-state index in [4.69, 9.17) is 5.73 Å². The molecule has 0 saturated carbocycles. The van der Waals surface area contributed by atoms with Gasteiger partial charge >= 0.3 is 0 Å². The second-order valence-electron chi connectivity index (χ2n) is 5.98. The lowest BCUT2D eigenvalue weighted by molar-refractivity contribution is 0.699. The van der Waals surface area contributed by atoms with Crippen LogP contribution in [0.5, 0.6) is 0 Å². The van der Waals surface area contributed by atoms with E-state index in [0.29, 0.717) is 18.3 Å². The fraction of sp³-hybridized carbons (Fsp3) is 0.467. The summed E-state index contributed by atoms with van der Waals surface area (Å²) in [6.45, 7) is 0.592. The summed E-state index contributed by atoms with van der Waals surface area (Å²) in [5.41, 5.74) is 10.4. The number of nitrogens with one attached hydrogen (secondary N) is 2. The van der Waals surface area contributed by atoms with E-state index in [1.807, 2.05) is 7.05 Å². The third-order valence-corrected chi connectivity index (χ3v) is 4.43. The molecule has 8 nitrogen and oxygen atoms in total. The number of hydrogen-bond acceptors (Lipinski definition) is 6. The lowest BCUT2D eigenvalue weighted by Crippen LogP contribution is -2.08. The first-order valence-corrected chi connectivity index (χ1v) is 7.96. The summed E-state index contributed by atoms with van der Waals surface area (Å²) in [4.78, 5) is 8.79. The Balaban J connectivity index is 1.57. The van der Waals surface area contributed by atoms with E-state index in [9.17, 15) is 0 Å². The number of nitrogens with zero attached hydrogens (tertiary/aromatic N) is 5. The molecular weight excluding hydrogens is 292 g/mol. The summed E-state index contributed by atoms with van der Waals surface area (Å²) >= 11 is 0. The third-order valence-electron chi connectivity index (χ3n) is 4.43. The van der Waals surface area contributed by atoms with Crippen LogP contribution in [0.25, 0.3) is 11.0 Å². The Morgan fingerprint density at radius 1 is 1.26 bits per heavy atom. The van der Waals surface area contributed by atoms with E-state index in [2.05, 4.69) is 30.6 Å². The van der Waals surface area contributed by atoms with Gasteiger partial charge in [0.2, 0.25) is 5.95 Å². The van der Waals surface area contributed by atoms with E-state index in [1.165, 1.54) is 30.5 Å². The van der Waals surface area contributed by atoms with Gasteiger partial charge in [0.1, 0.15) is 5.82 Å². The summed E-state index contributed by atoms with van der Waals surface area (Å²) in [6.07, 6.45) is 7.61. The first kappa shape index (κ1) is 14.0. The highest BCUT2D eigenvalue weighted by molar-refractivity contribution is 5.86. The maximum atomic E-state index is 5.98. The maximum absolute atomic E-state index is 5.98. The molecule has 1 aliphatic carbocycles. The minimum absolute atomic E-state index is 0.437. The zero-order valence-electron chi connectivity index (χ0n) is 13.1. The van der Waals surface area contributed by atoms with Crippen LogP contribution in [-0.2, 0) is 26.4 Å². The molecule has 0 atom stereocenters. The van der Waals surface area contributed by atoms with Crippen molar-refractivity contribution >= 4 is 22.8 Å². The van der Waals surface area contributed by atoms with Crippen molar-refractivity contribution in [2.75, 3.05) is 11.1 Å². The summed E-state index contributed by atoms with van der Waals surface area (Å²) < 4.78 is 1.69. The summed E-state index contributed by atoms with van der Waals surface area (Å²) in [6, 6.07) is 0. The second-order valence-corrected chi connectivity index (χ2v) is 5.98. The van der Waals surface area contributed by atoms with E-state index >= 15 is 0 Å². The van der Waals surface area contributed by atoms with Crippen LogP contribution in [-0.4, -0.2) is 29.9 Å². The van der Waals surface area contributed by atoms with E-state index in [-0.39, 0.29) is 0 Å². The Hall–Kier alpha value is -2.64. The second kappa shape index (κ2) is 5.53. The molecule has 0 amide bonds. The summed E-state index contributed by atoms with van der Waals surface area (Å²) in [5.74, 6) is 0.940. The topological polar surface area (TPSA) is 110 Å². The summed E-state index contributed by atoms with van der Waals surface area (Å²) in [5, 5.41) is 15.8. The molecule has 0 aliphatic heterocycles. The molecular formula is C15H20N8. The van der Waals surface area contributed by atoms with Crippen LogP contribution in [0.15, 0.2) is 6.20 Å². The van der Waals surface area contributed by atoms with E-state index < -0.39 is 0 Å². The number of hydrogen-bond donors (Lipinski definition) is 3. The fourth-order valence-corrected chi connectivity index (χ4v) is 3.16. The third kappa shape index (κ3) is 2.49. The quantitative estimate of drug-likeness (QED) is 0.633. The smallest absolute Gasteiger partial charge is 0.227 e. The molecule has 0 unspecified atom stereocenters. The number of fused-ring (bicyclic) bond motifs is 2. The van der Waals surface area contributed by atoms with Crippen molar-refractivity contribution in [1.29, 1.82) is 0 Å². The number of nitrogen functional groups attached to an aromatic ring is 1. The van der Waals surface area contributed by atoms with Gasteiger partial charge < -0.3 is 11.1 Å². The van der Waals surface area contributed by atoms with Crippen molar-refractivity contribution in [2.45, 2.75) is 38.6 Å². The molecule has 0 spiro atoms. The van der Waals surface area contributed by atoms with Crippen LogP contribution in [0.2, 0.25) is 0 Å². The van der Waals surface area contributed by atoms with Gasteiger partial charge in [-0.15, -0.1) is 0 Å². The zero-order chi connectivity index (χ0) is 15.8. The number of aromatic nitrogens is 6. The van der Waals surface area contributed by atoms with Crippen molar-refractivity contribution in [3.05, 3.63) is 23.1 Å². The Labute approximate surface area is 133 Å². The fourth-order valence-electron chi connectivity index (χ4n) is 3.16. The number of nitrogens with two attached hydrogens (primary N) is 1. The van der Waals surface area contributed by atoms with Crippen LogP contribution >= 0.6 is 0 Å².